The Morgan fingerprint density at radius 3 is 2.38 bits per heavy atom. The number of ether oxygens (including phenoxy) is 2. The molecule has 4 rings (SSSR count). The van der Waals surface area contributed by atoms with Gasteiger partial charge in [-0.25, -0.2) is 0 Å². The first-order valence-electron chi connectivity index (χ1n) is 8.80. The number of amides is 1. The van der Waals surface area contributed by atoms with Gasteiger partial charge in [0.2, 0.25) is 11.8 Å². The molecule has 0 unspecified atom stereocenters. The van der Waals surface area contributed by atoms with Crippen molar-refractivity contribution >= 4 is 17.4 Å². The van der Waals surface area contributed by atoms with Crippen LogP contribution in [0.5, 0.6) is 0 Å². The van der Waals surface area contributed by atoms with Crippen LogP contribution in [0.2, 0.25) is 0 Å². The lowest BCUT2D eigenvalue weighted by Gasteiger charge is -2.33. The van der Waals surface area contributed by atoms with Gasteiger partial charge in [-0.1, -0.05) is 48.5 Å². The number of nitrogens with two attached hydrogens (primary N) is 1. The molecule has 2 N–H and O–H groups in total. The molecule has 0 bridgehead atoms. The zero-order valence-corrected chi connectivity index (χ0v) is 15.5. The minimum Gasteiger partial charge on any atom is -0.439 e. The van der Waals surface area contributed by atoms with E-state index in [0.29, 0.717) is 16.8 Å². The quantitative estimate of drug-likeness (QED) is 0.870. The molecular formula is C22H16N4O3. The average Bonchev–Trinajstić information content (AvgIpc) is 2.98. The van der Waals surface area contributed by atoms with Gasteiger partial charge in [-0.15, -0.1) is 0 Å². The molecule has 0 saturated heterocycles. The highest BCUT2D eigenvalue weighted by Crippen LogP contribution is 2.54. The standard InChI is InChI=1S/C22H16N4O3/c1-28-13-26-18-10-6-5-9-15(18)22(21(26)27)16(11-23)19(14-7-3-2-4-8-14)29-20(25)17(22)12-24/h2-10H,13,25H2,1H3/t22-/m0/s1. The van der Waals surface area contributed by atoms with E-state index >= 15 is 0 Å². The van der Waals surface area contributed by atoms with Crippen molar-refractivity contribution in [1.82, 2.24) is 0 Å². The van der Waals surface area contributed by atoms with Crippen molar-refractivity contribution in [3.63, 3.8) is 0 Å². The molecule has 2 aromatic rings. The largest absolute Gasteiger partial charge is 0.439 e. The number of fused-ring (bicyclic) bond motifs is 2. The summed E-state index contributed by atoms with van der Waals surface area (Å²) >= 11 is 0. The third-order valence-electron chi connectivity index (χ3n) is 5.12. The van der Waals surface area contributed by atoms with Crippen LogP contribution >= 0.6 is 0 Å². The number of methoxy groups -OCH3 is 1. The second kappa shape index (κ2) is 6.83. The number of para-hydroxylation sites is 1. The van der Waals surface area contributed by atoms with E-state index in [1.807, 2.05) is 12.1 Å². The molecule has 2 aromatic carbocycles. The number of hydrogen-bond donors (Lipinski definition) is 1. The lowest BCUT2D eigenvalue weighted by Crippen LogP contribution is -2.46. The van der Waals surface area contributed by atoms with Gasteiger partial charge in [0, 0.05) is 18.2 Å². The minimum absolute atomic E-state index is 0.0190. The summed E-state index contributed by atoms with van der Waals surface area (Å²) in [6, 6.07) is 20.0. The normalized spacial score (nSPS) is 20.4. The number of nitriles is 2. The molecule has 7 nitrogen and oxygen atoms in total. The molecule has 2 aliphatic heterocycles. The number of carbonyl (C=O) groups is 1. The SMILES string of the molecule is COCN1C(=O)[C@@]2(C(C#N)=C(N)OC(c3ccccc3)=C2C#N)c2ccccc21. The predicted molar refractivity (Wildman–Crippen MR) is 104 cm³/mol. The van der Waals surface area contributed by atoms with E-state index in [0.717, 1.165) is 0 Å². The summed E-state index contributed by atoms with van der Waals surface area (Å²) in [4.78, 5) is 15.2. The van der Waals surface area contributed by atoms with Gasteiger partial charge in [0.05, 0.1) is 11.3 Å². The van der Waals surface area contributed by atoms with Crippen molar-refractivity contribution < 1.29 is 14.3 Å². The minimum atomic E-state index is -1.69. The molecule has 1 spiro atoms. The lowest BCUT2D eigenvalue weighted by atomic mass is 9.68. The third-order valence-corrected chi connectivity index (χ3v) is 5.12. The van der Waals surface area contributed by atoms with Crippen LogP contribution in [0.1, 0.15) is 11.1 Å². The second-order valence-corrected chi connectivity index (χ2v) is 6.55. The van der Waals surface area contributed by atoms with Gasteiger partial charge in [-0.2, -0.15) is 10.5 Å². The smallest absolute Gasteiger partial charge is 0.250 e. The van der Waals surface area contributed by atoms with Gasteiger partial charge in [0.1, 0.15) is 24.4 Å². The Bertz CT molecular complexity index is 1150. The topological polar surface area (TPSA) is 112 Å². The molecular weight excluding hydrogens is 368 g/mol. The summed E-state index contributed by atoms with van der Waals surface area (Å²) in [5.74, 6) is -0.520. The van der Waals surface area contributed by atoms with Crippen molar-refractivity contribution in [2.24, 2.45) is 5.73 Å². The van der Waals surface area contributed by atoms with E-state index in [4.69, 9.17) is 15.2 Å². The maximum atomic E-state index is 13.8. The summed E-state index contributed by atoms with van der Waals surface area (Å²) in [6.07, 6.45) is 0. The zero-order valence-electron chi connectivity index (χ0n) is 15.5. The zero-order chi connectivity index (χ0) is 20.6. The first-order chi connectivity index (χ1) is 14.1. The fraction of sp³-hybridized carbons (Fsp3) is 0.136. The maximum Gasteiger partial charge on any atom is 0.250 e. The number of nitrogens with zero attached hydrogens (tertiary/aromatic N) is 3. The van der Waals surface area contributed by atoms with Gasteiger partial charge in [0.25, 0.3) is 0 Å². The summed E-state index contributed by atoms with van der Waals surface area (Å²) in [7, 11) is 1.47. The van der Waals surface area contributed by atoms with Crippen molar-refractivity contribution in [2.75, 3.05) is 18.7 Å². The first-order valence-corrected chi connectivity index (χ1v) is 8.80. The van der Waals surface area contributed by atoms with Crippen molar-refractivity contribution in [3.05, 3.63) is 82.8 Å². The number of benzene rings is 2. The Morgan fingerprint density at radius 2 is 1.72 bits per heavy atom. The summed E-state index contributed by atoms with van der Waals surface area (Å²) < 4.78 is 10.9. The molecule has 142 valence electrons. The van der Waals surface area contributed by atoms with Gasteiger partial charge >= 0.3 is 0 Å². The Kier molecular flexibility index (Phi) is 4.31. The van der Waals surface area contributed by atoms with Crippen LogP contribution in [0.4, 0.5) is 5.69 Å². The van der Waals surface area contributed by atoms with E-state index in [1.54, 1.807) is 48.5 Å². The molecule has 1 amide bonds. The maximum absolute atomic E-state index is 13.8. The van der Waals surface area contributed by atoms with Gasteiger partial charge in [-0.3, -0.25) is 9.69 Å². The van der Waals surface area contributed by atoms with Crippen LogP contribution in [0.3, 0.4) is 0 Å². The predicted octanol–water partition coefficient (Wildman–Crippen LogP) is 2.53. The summed E-state index contributed by atoms with van der Waals surface area (Å²) in [5.41, 5.74) is 5.98. The molecule has 0 aromatic heterocycles. The van der Waals surface area contributed by atoms with Crippen LogP contribution in [0.25, 0.3) is 5.76 Å². The van der Waals surface area contributed by atoms with E-state index < -0.39 is 11.3 Å². The molecule has 29 heavy (non-hydrogen) atoms. The summed E-state index contributed by atoms with van der Waals surface area (Å²) in [6.45, 7) is -0.0313. The van der Waals surface area contributed by atoms with E-state index in [9.17, 15) is 15.3 Å². The average molecular weight is 384 g/mol. The molecule has 7 heteroatoms. The van der Waals surface area contributed by atoms with E-state index in [2.05, 4.69) is 6.07 Å². The Morgan fingerprint density at radius 1 is 1.07 bits per heavy atom. The van der Waals surface area contributed by atoms with Crippen LogP contribution < -0.4 is 10.6 Å². The Hall–Kier alpha value is -4.07. The van der Waals surface area contributed by atoms with Gasteiger partial charge in [0.15, 0.2) is 11.2 Å². The molecule has 0 fully saturated rings. The summed E-state index contributed by atoms with van der Waals surface area (Å²) in [5, 5.41) is 20.1. The van der Waals surface area contributed by atoms with Gasteiger partial charge in [-0.05, 0) is 6.07 Å². The van der Waals surface area contributed by atoms with E-state index in [1.165, 1.54) is 12.0 Å². The van der Waals surface area contributed by atoms with Crippen LogP contribution in [-0.4, -0.2) is 19.7 Å². The monoisotopic (exact) mass is 384 g/mol. The van der Waals surface area contributed by atoms with Crippen LogP contribution in [0.15, 0.2) is 71.6 Å². The van der Waals surface area contributed by atoms with Crippen molar-refractivity contribution in [1.29, 1.82) is 10.5 Å². The number of carbonyl (C=O) groups excluding carboxylic acids is 1. The van der Waals surface area contributed by atoms with Gasteiger partial charge < -0.3 is 15.2 Å². The second-order valence-electron chi connectivity index (χ2n) is 6.55. The van der Waals surface area contributed by atoms with Crippen molar-refractivity contribution in [2.45, 2.75) is 5.41 Å². The molecule has 2 aliphatic rings. The molecule has 1 atom stereocenters. The molecule has 0 radical (unpaired) electrons. The highest BCUT2D eigenvalue weighted by Gasteiger charge is 2.60. The first kappa shape index (κ1) is 18.3. The molecule has 2 heterocycles. The fourth-order valence-corrected chi connectivity index (χ4v) is 3.95. The Balaban J connectivity index is 2.12. The third kappa shape index (κ3) is 2.35. The lowest BCUT2D eigenvalue weighted by molar-refractivity contribution is -0.121. The molecule has 0 aliphatic carbocycles. The number of rotatable bonds is 3. The number of anilines is 1. The van der Waals surface area contributed by atoms with Crippen LogP contribution in [-0.2, 0) is 19.7 Å². The van der Waals surface area contributed by atoms with Crippen molar-refractivity contribution in [3.8, 4) is 12.1 Å². The highest BCUT2D eigenvalue weighted by atomic mass is 16.5. The fourth-order valence-electron chi connectivity index (χ4n) is 3.95. The number of hydrogen-bond acceptors (Lipinski definition) is 6. The van der Waals surface area contributed by atoms with Crippen LogP contribution in [0, 0.1) is 22.7 Å². The highest BCUT2D eigenvalue weighted by molar-refractivity contribution is 6.15. The van der Waals surface area contributed by atoms with E-state index in [-0.39, 0.29) is 29.5 Å². The molecule has 0 saturated carbocycles. The Labute approximate surface area is 167 Å².